The van der Waals surface area contributed by atoms with Gasteiger partial charge < -0.3 is 26.4 Å². The molecule has 0 spiro atoms. The van der Waals surface area contributed by atoms with Gasteiger partial charge in [-0.3, -0.25) is 0 Å². The number of hydrogen-bond acceptors (Lipinski definition) is 8. The number of anilines is 3. The van der Waals surface area contributed by atoms with Gasteiger partial charge in [0, 0.05) is 42.6 Å². The molecule has 32 heavy (non-hydrogen) atoms. The number of benzene rings is 1. The number of fused-ring (bicyclic) bond motifs is 2. The molecule has 3 aromatic rings. The summed E-state index contributed by atoms with van der Waals surface area (Å²) in [6.07, 6.45) is 4.03. The molecule has 8 heteroatoms. The molecule has 0 saturated carbocycles. The Labute approximate surface area is 186 Å². The topological polar surface area (TPSA) is 117 Å². The fourth-order valence-electron chi connectivity index (χ4n) is 4.78. The fraction of sp³-hybridized carbons (Fsp3) is 0.292. The van der Waals surface area contributed by atoms with Crippen LogP contribution < -0.4 is 21.3 Å². The summed E-state index contributed by atoms with van der Waals surface area (Å²) in [5.41, 5.74) is 15.7. The Balaban J connectivity index is 1.42. The van der Waals surface area contributed by atoms with Gasteiger partial charge in [-0.05, 0) is 49.1 Å². The largest absolute Gasteiger partial charge is 0.507 e. The Morgan fingerprint density at radius 3 is 2.59 bits per heavy atom. The van der Waals surface area contributed by atoms with E-state index >= 15 is 0 Å². The van der Waals surface area contributed by atoms with Crippen LogP contribution in [0, 0.1) is 11.8 Å². The lowest BCUT2D eigenvalue weighted by atomic mass is 10.1. The van der Waals surface area contributed by atoms with Gasteiger partial charge in [0.2, 0.25) is 0 Å². The Hall–Kier alpha value is -3.83. The maximum atomic E-state index is 10.2. The number of phenolic OH excluding ortho intramolecular Hbond substituents is 1. The highest BCUT2D eigenvalue weighted by molar-refractivity contribution is 5.74. The summed E-state index contributed by atoms with van der Waals surface area (Å²) < 4.78 is 0. The first-order valence-corrected chi connectivity index (χ1v) is 10.7. The standard InChI is InChI=1S/C24H25N7O/c25-10-3-4-16-12-17(9-11-27-16)31-18-7-8-19(31)15-30(14-18)22-13-21(28-29-24(22)26)20-5-1-2-6-23(20)32/h1-2,5-6,9,11-13,18-19,32H,7-8,10,14-15,25H2,(H2,26,29). The van der Waals surface area contributed by atoms with Crippen LogP contribution in [0.2, 0.25) is 0 Å². The van der Waals surface area contributed by atoms with Gasteiger partial charge in [-0.2, -0.15) is 0 Å². The minimum absolute atomic E-state index is 0.175. The van der Waals surface area contributed by atoms with Gasteiger partial charge in [0.25, 0.3) is 0 Å². The molecule has 2 aliphatic heterocycles. The van der Waals surface area contributed by atoms with Crippen LogP contribution in [0.1, 0.15) is 18.5 Å². The van der Waals surface area contributed by atoms with Crippen molar-refractivity contribution in [2.24, 2.45) is 5.73 Å². The predicted molar refractivity (Wildman–Crippen MR) is 125 cm³/mol. The molecule has 5 N–H and O–H groups in total. The summed E-state index contributed by atoms with van der Waals surface area (Å²) in [7, 11) is 0. The lowest BCUT2D eigenvalue weighted by Crippen LogP contribution is -2.54. The van der Waals surface area contributed by atoms with Gasteiger partial charge in [0.15, 0.2) is 5.82 Å². The molecule has 1 aromatic carbocycles. The molecule has 0 aliphatic carbocycles. The minimum Gasteiger partial charge on any atom is -0.507 e. The van der Waals surface area contributed by atoms with Crippen LogP contribution in [0.3, 0.4) is 0 Å². The van der Waals surface area contributed by atoms with E-state index in [0.717, 1.165) is 43.0 Å². The quantitative estimate of drug-likeness (QED) is 0.543. The number of aromatic hydroxyl groups is 1. The highest BCUT2D eigenvalue weighted by Gasteiger charge is 2.40. The van der Waals surface area contributed by atoms with Crippen LogP contribution >= 0.6 is 0 Å². The molecule has 2 saturated heterocycles. The van der Waals surface area contributed by atoms with Crippen molar-refractivity contribution in [1.82, 2.24) is 15.2 Å². The average molecular weight is 428 g/mol. The van der Waals surface area contributed by atoms with E-state index in [4.69, 9.17) is 11.5 Å². The summed E-state index contributed by atoms with van der Waals surface area (Å²) in [5.74, 6) is 6.48. The summed E-state index contributed by atoms with van der Waals surface area (Å²) >= 11 is 0. The number of nitrogens with zero attached hydrogens (tertiary/aromatic N) is 5. The van der Waals surface area contributed by atoms with E-state index in [2.05, 4.69) is 36.8 Å². The smallest absolute Gasteiger partial charge is 0.169 e. The van der Waals surface area contributed by atoms with Crippen LogP contribution in [0.15, 0.2) is 48.7 Å². The molecule has 2 bridgehead atoms. The fourth-order valence-corrected chi connectivity index (χ4v) is 4.78. The van der Waals surface area contributed by atoms with Crippen molar-refractivity contribution in [3.05, 3.63) is 54.4 Å². The summed E-state index contributed by atoms with van der Waals surface area (Å²) in [4.78, 5) is 9.12. The first kappa shape index (κ1) is 20.1. The lowest BCUT2D eigenvalue weighted by Gasteiger charge is -2.43. The molecule has 4 heterocycles. The van der Waals surface area contributed by atoms with Crippen molar-refractivity contribution in [3.63, 3.8) is 0 Å². The highest BCUT2D eigenvalue weighted by Crippen LogP contribution is 2.38. The maximum Gasteiger partial charge on any atom is 0.169 e. The zero-order chi connectivity index (χ0) is 22.1. The van der Waals surface area contributed by atoms with Gasteiger partial charge >= 0.3 is 0 Å². The Bertz CT molecular complexity index is 1190. The van der Waals surface area contributed by atoms with Crippen LogP contribution in [0.25, 0.3) is 11.3 Å². The normalized spacial score (nSPS) is 19.5. The number of piperazine rings is 1. The number of aromatic nitrogens is 3. The summed E-state index contributed by atoms with van der Waals surface area (Å²) in [6.45, 7) is 1.98. The third kappa shape index (κ3) is 3.67. The van der Waals surface area contributed by atoms with Crippen molar-refractivity contribution >= 4 is 17.2 Å². The first-order valence-electron chi connectivity index (χ1n) is 10.7. The van der Waals surface area contributed by atoms with Gasteiger partial charge in [-0.25, -0.2) is 4.98 Å². The number of phenols is 1. The van der Waals surface area contributed by atoms with Gasteiger partial charge in [-0.1, -0.05) is 18.1 Å². The van der Waals surface area contributed by atoms with E-state index < -0.39 is 0 Å². The summed E-state index contributed by atoms with van der Waals surface area (Å²) in [5, 5.41) is 18.6. The van der Waals surface area contributed by atoms with Crippen molar-refractivity contribution in [2.75, 3.05) is 35.2 Å². The molecule has 162 valence electrons. The Kier molecular flexibility index (Phi) is 5.25. The zero-order valence-corrected chi connectivity index (χ0v) is 17.6. The number of pyridine rings is 1. The molecule has 2 fully saturated rings. The average Bonchev–Trinajstić information content (AvgIpc) is 3.08. The van der Waals surface area contributed by atoms with E-state index in [1.165, 1.54) is 0 Å². The van der Waals surface area contributed by atoms with E-state index in [1.807, 2.05) is 36.5 Å². The van der Waals surface area contributed by atoms with Crippen molar-refractivity contribution in [3.8, 4) is 28.8 Å². The van der Waals surface area contributed by atoms with E-state index in [1.54, 1.807) is 12.1 Å². The molecule has 5 rings (SSSR count). The second-order valence-corrected chi connectivity index (χ2v) is 8.12. The molecular weight excluding hydrogens is 402 g/mol. The Morgan fingerprint density at radius 1 is 1.06 bits per heavy atom. The zero-order valence-electron chi connectivity index (χ0n) is 17.6. The predicted octanol–water partition coefficient (Wildman–Crippen LogP) is 1.99. The molecule has 2 atom stereocenters. The highest BCUT2D eigenvalue weighted by atomic mass is 16.3. The van der Waals surface area contributed by atoms with E-state index in [0.29, 0.717) is 35.7 Å². The SMILES string of the molecule is NCC#Cc1cc(N2C3CCC2CN(c2cc(-c4ccccc4O)nnc2N)C3)ccn1. The third-order valence-corrected chi connectivity index (χ3v) is 6.16. The van der Waals surface area contributed by atoms with Crippen LogP contribution in [0.5, 0.6) is 5.75 Å². The van der Waals surface area contributed by atoms with Gasteiger partial charge in [0.1, 0.15) is 11.4 Å². The van der Waals surface area contributed by atoms with Crippen LogP contribution in [-0.2, 0) is 0 Å². The van der Waals surface area contributed by atoms with Gasteiger partial charge in [-0.15, -0.1) is 10.2 Å². The van der Waals surface area contributed by atoms with E-state index in [-0.39, 0.29) is 5.75 Å². The molecule has 0 radical (unpaired) electrons. The van der Waals surface area contributed by atoms with Crippen molar-refractivity contribution in [1.29, 1.82) is 0 Å². The number of nitrogens with two attached hydrogens (primary N) is 2. The van der Waals surface area contributed by atoms with Crippen LogP contribution in [-0.4, -0.2) is 52.0 Å². The second-order valence-electron chi connectivity index (χ2n) is 8.12. The third-order valence-electron chi connectivity index (χ3n) is 6.16. The summed E-state index contributed by atoms with van der Waals surface area (Å²) in [6, 6.07) is 13.9. The maximum absolute atomic E-state index is 10.2. The number of para-hydroxylation sites is 1. The number of rotatable bonds is 3. The molecule has 8 nitrogen and oxygen atoms in total. The molecule has 0 amide bonds. The number of nitrogen functional groups attached to an aromatic ring is 1. The molecule has 2 aromatic heterocycles. The molecular formula is C24H25N7O. The monoisotopic (exact) mass is 427 g/mol. The number of hydrogen-bond donors (Lipinski definition) is 3. The van der Waals surface area contributed by atoms with Crippen LogP contribution in [0.4, 0.5) is 17.2 Å². The minimum atomic E-state index is 0.175. The van der Waals surface area contributed by atoms with E-state index in [9.17, 15) is 5.11 Å². The first-order chi connectivity index (χ1) is 15.6. The van der Waals surface area contributed by atoms with Gasteiger partial charge in [0.05, 0.1) is 17.9 Å². The second kappa shape index (κ2) is 8.36. The molecule has 2 aliphatic rings. The van der Waals surface area contributed by atoms with Crippen molar-refractivity contribution < 1.29 is 5.11 Å². The van der Waals surface area contributed by atoms with Crippen molar-refractivity contribution in [2.45, 2.75) is 24.9 Å². The Morgan fingerprint density at radius 2 is 1.84 bits per heavy atom. The lowest BCUT2D eigenvalue weighted by molar-refractivity contribution is 0.477. The molecule has 2 unspecified atom stereocenters.